The molecule has 0 bridgehead atoms. The molecule has 0 saturated carbocycles. The van der Waals surface area contributed by atoms with E-state index in [0.29, 0.717) is 17.5 Å². The van der Waals surface area contributed by atoms with E-state index in [2.05, 4.69) is 24.9 Å². The number of hydrogen-bond acceptors (Lipinski definition) is 2. The van der Waals surface area contributed by atoms with E-state index in [-0.39, 0.29) is 5.56 Å². The molecule has 3 heteroatoms. The molecule has 0 saturated heterocycles. The van der Waals surface area contributed by atoms with Crippen molar-refractivity contribution in [1.29, 1.82) is 0 Å². The molecule has 1 aliphatic carbocycles. The van der Waals surface area contributed by atoms with Gasteiger partial charge in [0.05, 0.1) is 11.3 Å². The van der Waals surface area contributed by atoms with Crippen LogP contribution in [0, 0.1) is 11.8 Å². The fraction of sp³-hybridized carbons (Fsp3) is 0.375. The summed E-state index contributed by atoms with van der Waals surface area (Å²) in [5, 5.41) is 9.11. The summed E-state index contributed by atoms with van der Waals surface area (Å²) in [7, 11) is 0. The normalized spacial score (nSPS) is 23.4. The largest absolute Gasteiger partial charge is 0.478 e. The Kier molecular flexibility index (Phi) is 4.15. The van der Waals surface area contributed by atoms with Crippen LogP contribution < -0.4 is 0 Å². The van der Waals surface area contributed by atoms with Gasteiger partial charge >= 0.3 is 5.97 Å². The van der Waals surface area contributed by atoms with Crippen LogP contribution in [0.25, 0.3) is 0 Å². The summed E-state index contributed by atoms with van der Waals surface area (Å²) in [5.74, 6) is -0.0692. The minimum absolute atomic E-state index is 0.258. The molecule has 1 aromatic carbocycles. The molecule has 2 atom stereocenters. The molecule has 1 aliphatic rings. The van der Waals surface area contributed by atoms with E-state index >= 15 is 0 Å². The van der Waals surface area contributed by atoms with E-state index in [9.17, 15) is 4.79 Å². The van der Waals surface area contributed by atoms with E-state index in [4.69, 9.17) is 5.11 Å². The monoisotopic (exact) mass is 257 g/mol. The van der Waals surface area contributed by atoms with Crippen LogP contribution >= 0.6 is 0 Å². The summed E-state index contributed by atoms with van der Waals surface area (Å²) in [4.78, 5) is 15.5. The lowest BCUT2D eigenvalue weighted by Crippen LogP contribution is -2.15. The van der Waals surface area contributed by atoms with E-state index in [1.165, 1.54) is 5.57 Å². The van der Waals surface area contributed by atoms with Gasteiger partial charge in [-0.1, -0.05) is 30.7 Å². The highest BCUT2D eigenvalue weighted by atomic mass is 16.4. The van der Waals surface area contributed by atoms with Gasteiger partial charge in [-0.2, -0.15) is 0 Å². The minimum atomic E-state index is -0.930. The smallest absolute Gasteiger partial charge is 0.337 e. The Bertz CT molecular complexity index is 531. The highest BCUT2D eigenvalue weighted by Crippen LogP contribution is 2.28. The quantitative estimate of drug-likeness (QED) is 0.655. The van der Waals surface area contributed by atoms with Gasteiger partial charge < -0.3 is 5.11 Å². The second kappa shape index (κ2) is 5.83. The molecule has 3 nitrogen and oxygen atoms in total. The standard InChI is InChI=1S/C16H19NO2/c1-11-7-8-13(12(2)9-11)10-17-15-6-4-3-5-14(15)16(18)19/h3-6,9-10,12-13H,7-8H2,1-2H3,(H,18,19)/b17-10-. The number of aromatic carboxylic acids is 1. The highest BCUT2D eigenvalue weighted by molar-refractivity contribution is 5.94. The van der Waals surface area contributed by atoms with Gasteiger partial charge in [-0.25, -0.2) is 4.79 Å². The van der Waals surface area contributed by atoms with Crippen molar-refractivity contribution in [1.82, 2.24) is 0 Å². The van der Waals surface area contributed by atoms with Gasteiger partial charge in [0.2, 0.25) is 0 Å². The van der Waals surface area contributed by atoms with Crippen LogP contribution in [0.2, 0.25) is 0 Å². The molecule has 0 fully saturated rings. The lowest BCUT2D eigenvalue weighted by molar-refractivity contribution is 0.0698. The molecule has 1 N–H and O–H groups in total. The van der Waals surface area contributed by atoms with E-state index in [1.54, 1.807) is 18.2 Å². The van der Waals surface area contributed by atoms with Crippen molar-refractivity contribution in [2.45, 2.75) is 26.7 Å². The Morgan fingerprint density at radius 2 is 2.16 bits per heavy atom. The average Bonchev–Trinajstić information content (AvgIpc) is 2.38. The van der Waals surface area contributed by atoms with Crippen LogP contribution in [0.3, 0.4) is 0 Å². The number of benzene rings is 1. The maximum atomic E-state index is 11.1. The Labute approximate surface area is 113 Å². The predicted molar refractivity (Wildman–Crippen MR) is 77.2 cm³/mol. The number of aliphatic imine (C=N–C) groups is 1. The molecule has 2 unspecified atom stereocenters. The van der Waals surface area contributed by atoms with E-state index in [1.807, 2.05) is 12.3 Å². The Morgan fingerprint density at radius 3 is 2.84 bits per heavy atom. The van der Waals surface area contributed by atoms with Gasteiger partial charge in [-0.15, -0.1) is 0 Å². The third-order valence-electron chi connectivity index (χ3n) is 3.63. The summed E-state index contributed by atoms with van der Waals surface area (Å²) >= 11 is 0. The van der Waals surface area contributed by atoms with Crippen molar-refractivity contribution in [3.63, 3.8) is 0 Å². The number of rotatable bonds is 3. The second-order valence-electron chi connectivity index (χ2n) is 5.18. The first-order valence-electron chi connectivity index (χ1n) is 6.61. The van der Waals surface area contributed by atoms with Crippen molar-refractivity contribution in [3.05, 3.63) is 41.5 Å². The summed E-state index contributed by atoms with van der Waals surface area (Å²) in [6, 6.07) is 6.86. The lowest BCUT2D eigenvalue weighted by atomic mass is 9.83. The number of allylic oxidation sites excluding steroid dienone is 2. The molecule has 0 radical (unpaired) electrons. The Hall–Kier alpha value is -1.90. The van der Waals surface area contributed by atoms with Crippen molar-refractivity contribution in [2.75, 3.05) is 0 Å². The van der Waals surface area contributed by atoms with Crippen molar-refractivity contribution in [2.24, 2.45) is 16.8 Å². The van der Waals surface area contributed by atoms with Crippen LogP contribution in [0.15, 0.2) is 40.9 Å². The average molecular weight is 257 g/mol. The first kappa shape index (κ1) is 13.5. The van der Waals surface area contributed by atoms with Gasteiger partial charge in [0.25, 0.3) is 0 Å². The first-order valence-corrected chi connectivity index (χ1v) is 6.61. The molecule has 0 heterocycles. The number of carboxylic acids is 1. The predicted octanol–water partition coefficient (Wildman–Crippen LogP) is 4.08. The van der Waals surface area contributed by atoms with Gasteiger partial charge in [0.1, 0.15) is 0 Å². The van der Waals surface area contributed by atoms with E-state index < -0.39 is 5.97 Å². The number of nitrogens with zero attached hydrogens (tertiary/aromatic N) is 1. The van der Waals surface area contributed by atoms with Crippen LogP contribution in [0.5, 0.6) is 0 Å². The SMILES string of the molecule is CC1=CC(C)C(/C=N\c2ccccc2C(=O)O)CC1. The minimum Gasteiger partial charge on any atom is -0.478 e. The molecule has 0 aromatic heterocycles. The molecule has 19 heavy (non-hydrogen) atoms. The third kappa shape index (κ3) is 3.31. The molecular weight excluding hydrogens is 238 g/mol. The molecule has 2 rings (SSSR count). The summed E-state index contributed by atoms with van der Waals surface area (Å²) in [5.41, 5.74) is 2.23. The molecule has 1 aromatic rings. The highest BCUT2D eigenvalue weighted by Gasteiger charge is 2.18. The number of hydrogen-bond donors (Lipinski definition) is 1. The summed E-state index contributed by atoms with van der Waals surface area (Å²) < 4.78 is 0. The van der Waals surface area contributed by atoms with Gasteiger partial charge in [-0.3, -0.25) is 4.99 Å². The lowest BCUT2D eigenvalue weighted by Gasteiger charge is -2.23. The topological polar surface area (TPSA) is 49.7 Å². The number of carbonyl (C=O) groups is 1. The molecular formula is C16H19NO2. The fourth-order valence-electron chi connectivity index (χ4n) is 2.47. The maximum Gasteiger partial charge on any atom is 0.337 e. The number of para-hydroxylation sites is 1. The molecule has 0 amide bonds. The third-order valence-corrected chi connectivity index (χ3v) is 3.63. The van der Waals surface area contributed by atoms with Crippen molar-refractivity contribution in [3.8, 4) is 0 Å². The van der Waals surface area contributed by atoms with Crippen molar-refractivity contribution < 1.29 is 9.90 Å². The van der Waals surface area contributed by atoms with Gasteiger partial charge in [0.15, 0.2) is 0 Å². The van der Waals surface area contributed by atoms with Gasteiger partial charge in [-0.05, 0) is 37.8 Å². The maximum absolute atomic E-state index is 11.1. The van der Waals surface area contributed by atoms with Crippen molar-refractivity contribution >= 4 is 17.9 Å². The van der Waals surface area contributed by atoms with Crippen LogP contribution in [0.4, 0.5) is 5.69 Å². The van der Waals surface area contributed by atoms with E-state index in [0.717, 1.165) is 12.8 Å². The first-order chi connectivity index (χ1) is 9.08. The number of carboxylic acid groups (broad SMARTS) is 1. The second-order valence-corrected chi connectivity index (χ2v) is 5.18. The zero-order valence-electron chi connectivity index (χ0n) is 11.3. The summed E-state index contributed by atoms with van der Waals surface area (Å²) in [6.45, 7) is 4.34. The fourth-order valence-corrected chi connectivity index (χ4v) is 2.47. The zero-order valence-corrected chi connectivity index (χ0v) is 11.3. The molecule has 0 spiro atoms. The Morgan fingerprint density at radius 1 is 1.42 bits per heavy atom. The summed E-state index contributed by atoms with van der Waals surface area (Å²) in [6.07, 6.45) is 6.38. The van der Waals surface area contributed by atoms with Crippen LogP contribution in [0.1, 0.15) is 37.0 Å². The van der Waals surface area contributed by atoms with Gasteiger partial charge in [0, 0.05) is 12.1 Å². The molecule has 0 aliphatic heterocycles. The van der Waals surface area contributed by atoms with Crippen LogP contribution in [-0.4, -0.2) is 17.3 Å². The Balaban J connectivity index is 2.18. The van der Waals surface area contributed by atoms with Crippen LogP contribution in [-0.2, 0) is 0 Å². The zero-order chi connectivity index (χ0) is 13.8. The molecule has 100 valence electrons.